The molecular formula is C20H19F3N4O2S. The topological polar surface area (TPSA) is 60.2 Å². The molecule has 0 spiro atoms. The molecule has 1 amide bonds. The number of thiophene rings is 1. The van der Waals surface area contributed by atoms with Crippen LogP contribution in [0, 0.1) is 0 Å². The number of benzene rings is 1. The Kier molecular flexibility index (Phi) is 5.37. The lowest BCUT2D eigenvalue weighted by atomic mass is 10.2. The van der Waals surface area contributed by atoms with Crippen molar-refractivity contribution in [1.29, 1.82) is 0 Å². The fourth-order valence-electron chi connectivity index (χ4n) is 3.45. The van der Waals surface area contributed by atoms with Gasteiger partial charge in [0.15, 0.2) is 5.82 Å². The van der Waals surface area contributed by atoms with Gasteiger partial charge in [-0.3, -0.25) is 4.79 Å². The molecule has 6 nitrogen and oxygen atoms in total. The van der Waals surface area contributed by atoms with Gasteiger partial charge in [0.1, 0.15) is 0 Å². The molecule has 30 heavy (non-hydrogen) atoms. The van der Waals surface area contributed by atoms with Crippen LogP contribution in [0.4, 0.5) is 13.2 Å². The molecule has 0 saturated carbocycles. The molecule has 158 valence electrons. The zero-order valence-electron chi connectivity index (χ0n) is 16.3. The number of carbonyl (C=O) groups excluding carboxylic acids is 1. The lowest BCUT2D eigenvalue weighted by Crippen LogP contribution is -2.48. The summed E-state index contributed by atoms with van der Waals surface area (Å²) in [5.41, 5.74) is -0.611. The second kappa shape index (κ2) is 7.84. The normalized spacial score (nSPS) is 19.8. The van der Waals surface area contributed by atoms with Crippen molar-refractivity contribution in [2.45, 2.75) is 32.2 Å². The summed E-state index contributed by atoms with van der Waals surface area (Å²) < 4.78 is 46.5. The van der Waals surface area contributed by atoms with Gasteiger partial charge >= 0.3 is 6.18 Å². The van der Waals surface area contributed by atoms with Crippen LogP contribution >= 0.6 is 11.3 Å². The molecule has 0 radical (unpaired) electrons. The smallest absolute Gasteiger partial charge is 0.372 e. The fraction of sp³-hybridized carbons (Fsp3) is 0.350. The Balaban J connectivity index is 1.76. The fourth-order valence-corrected chi connectivity index (χ4v) is 4.15. The summed E-state index contributed by atoms with van der Waals surface area (Å²) in [4.78, 5) is 19.7. The quantitative estimate of drug-likeness (QED) is 0.616. The van der Waals surface area contributed by atoms with Crippen LogP contribution in [0.25, 0.3) is 16.4 Å². The average Bonchev–Trinajstić information content (AvgIpc) is 3.36. The number of aromatic nitrogens is 3. The van der Waals surface area contributed by atoms with Gasteiger partial charge in [-0.2, -0.15) is 13.2 Å². The minimum atomic E-state index is -4.49. The maximum absolute atomic E-state index is 13.2. The number of morpholine rings is 1. The first-order valence-electron chi connectivity index (χ1n) is 9.35. The van der Waals surface area contributed by atoms with Gasteiger partial charge in [0, 0.05) is 13.1 Å². The number of alkyl halides is 3. The van der Waals surface area contributed by atoms with E-state index in [9.17, 15) is 18.0 Å². The average molecular weight is 436 g/mol. The Morgan fingerprint density at radius 1 is 1.17 bits per heavy atom. The van der Waals surface area contributed by atoms with Crippen molar-refractivity contribution in [2.24, 2.45) is 0 Å². The lowest BCUT2D eigenvalue weighted by Gasteiger charge is -2.34. The van der Waals surface area contributed by atoms with Crippen LogP contribution in [0.15, 0.2) is 41.8 Å². The van der Waals surface area contributed by atoms with E-state index in [0.29, 0.717) is 23.8 Å². The molecule has 0 aliphatic carbocycles. The van der Waals surface area contributed by atoms with Crippen LogP contribution in [-0.2, 0) is 10.9 Å². The van der Waals surface area contributed by atoms with Gasteiger partial charge in [-0.05, 0) is 43.5 Å². The van der Waals surface area contributed by atoms with Gasteiger partial charge < -0.3 is 9.64 Å². The van der Waals surface area contributed by atoms with E-state index in [0.717, 1.165) is 12.1 Å². The second-order valence-electron chi connectivity index (χ2n) is 7.16. The van der Waals surface area contributed by atoms with Crippen LogP contribution in [0.5, 0.6) is 0 Å². The molecule has 10 heteroatoms. The molecule has 1 aliphatic heterocycles. The van der Waals surface area contributed by atoms with Crippen molar-refractivity contribution >= 4 is 17.2 Å². The first-order valence-corrected chi connectivity index (χ1v) is 10.2. The zero-order valence-corrected chi connectivity index (χ0v) is 17.1. The molecule has 2 aromatic heterocycles. The van der Waals surface area contributed by atoms with Gasteiger partial charge in [0.25, 0.3) is 5.91 Å². The molecule has 0 bridgehead atoms. The minimum Gasteiger partial charge on any atom is -0.372 e. The van der Waals surface area contributed by atoms with Crippen LogP contribution < -0.4 is 0 Å². The van der Waals surface area contributed by atoms with Crippen LogP contribution in [0.1, 0.15) is 30.0 Å². The van der Waals surface area contributed by atoms with Gasteiger partial charge in [-0.1, -0.05) is 12.1 Å². The largest absolute Gasteiger partial charge is 0.416 e. The summed E-state index contributed by atoms with van der Waals surface area (Å²) in [6, 6.07) is 8.40. The van der Waals surface area contributed by atoms with E-state index in [2.05, 4.69) is 10.1 Å². The van der Waals surface area contributed by atoms with Crippen molar-refractivity contribution in [1.82, 2.24) is 19.7 Å². The molecule has 3 aromatic rings. The van der Waals surface area contributed by atoms with Crippen molar-refractivity contribution in [2.75, 3.05) is 13.1 Å². The van der Waals surface area contributed by atoms with Crippen LogP contribution in [-0.4, -0.2) is 50.9 Å². The van der Waals surface area contributed by atoms with Crippen molar-refractivity contribution in [3.8, 4) is 16.4 Å². The number of ether oxygens (including phenoxy) is 1. The lowest BCUT2D eigenvalue weighted by molar-refractivity contribution is -0.137. The summed E-state index contributed by atoms with van der Waals surface area (Å²) in [7, 11) is 0. The Hall–Kier alpha value is -2.72. The number of nitrogens with zero attached hydrogens (tertiary/aromatic N) is 4. The van der Waals surface area contributed by atoms with Crippen molar-refractivity contribution in [3.63, 3.8) is 0 Å². The van der Waals surface area contributed by atoms with Gasteiger partial charge in [-0.15, -0.1) is 16.4 Å². The summed E-state index contributed by atoms with van der Waals surface area (Å²) in [6.07, 6.45) is -4.74. The molecule has 3 heterocycles. The first kappa shape index (κ1) is 20.5. The van der Waals surface area contributed by atoms with E-state index < -0.39 is 11.7 Å². The van der Waals surface area contributed by atoms with Gasteiger partial charge in [0.2, 0.25) is 5.82 Å². The van der Waals surface area contributed by atoms with Crippen molar-refractivity contribution in [3.05, 3.63) is 53.2 Å². The van der Waals surface area contributed by atoms with E-state index in [1.807, 2.05) is 19.2 Å². The molecule has 0 unspecified atom stereocenters. The first-order chi connectivity index (χ1) is 14.2. The Morgan fingerprint density at radius 3 is 2.53 bits per heavy atom. The Labute approximate surface area is 174 Å². The summed E-state index contributed by atoms with van der Waals surface area (Å²) in [5, 5.41) is 6.12. The van der Waals surface area contributed by atoms with E-state index in [-0.39, 0.29) is 29.6 Å². The van der Waals surface area contributed by atoms with E-state index >= 15 is 0 Å². The number of hydrogen-bond acceptors (Lipinski definition) is 5. The number of hydrogen-bond donors (Lipinski definition) is 0. The molecule has 1 aromatic carbocycles. The second-order valence-corrected chi connectivity index (χ2v) is 8.11. The van der Waals surface area contributed by atoms with E-state index in [1.54, 1.807) is 17.0 Å². The highest BCUT2D eigenvalue weighted by molar-refractivity contribution is 7.13. The van der Waals surface area contributed by atoms with Crippen LogP contribution in [0.3, 0.4) is 0 Å². The standard InChI is InChI=1S/C20H19F3N4O2S/c1-12-10-26(11-13(2)29-12)19(28)17-24-18(16-7-4-8-30-16)27(25-17)15-6-3-5-14(9-15)20(21,22)23/h3-9,12-13H,10-11H2,1-2H3/t12-,13-/m1/s1. The predicted octanol–water partition coefficient (Wildman–Crippen LogP) is 4.26. The maximum atomic E-state index is 13.2. The third-order valence-corrected chi connectivity index (χ3v) is 5.53. The number of halogens is 3. The third kappa shape index (κ3) is 4.10. The summed E-state index contributed by atoms with van der Waals surface area (Å²) in [5.74, 6) is -0.111. The van der Waals surface area contributed by atoms with E-state index in [4.69, 9.17) is 4.74 Å². The van der Waals surface area contributed by atoms with Crippen LogP contribution in [0.2, 0.25) is 0 Å². The van der Waals surface area contributed by atoms with E-state index in [1.165, 1.54) is 28.2 Å². The molecule has 1 fully saturated rings. The Morgan fingerprint density at radius 2 is 1.90 bits per heavy atom. The number of rotatable bonds is 3. The minimum absolute atomic E-state index is 0.0582. The molecule has 2 atom stereocenters. The summed E-state index contributed by atoms with van der Waals surface area (Å²) in [6.45, 7) is 4.55. The van der Waals surface area contributed by atoms with Gasteiger partial charge in [0.05, 0.1) is 28.3 Å². The number of amides is 1. The SMILES string of the molecule is C[C@@H]1CN(C(=O)c2nc(-c3cccs3)n(-c3cccc(C(F)(F)F)c3)n2)C[C@@H](C)O1. The molecule has 4 rings (SSSR count). The highest BCUT2D eigenvalue weighted by Gasteiger charge is 2.32. The van der Waals surface area contributed by atoms with Gasteiger partial charge in [-0.25, -0.2) is 9.67 Å². The maximum Gasteiger partial charge on any atom is 0.416 e. The molecular weight excluding hydrogens is 417 g/mol. The van der Waals surface area contributed by atoms with Crippen molar-refractivity contribution < 1.29 is 22.7 Å². The predicted molar refractivity (Wildman–Crippen MR) is 106 cm³/mol. The highest BCUT2D eigenvalue weighted by atomic mass is 32.1. The summed E-state index contributed by atoms with van der Waals surface area (Å²) >= 11 is 1.37. The number of carbonyl (C=O) groups is 1. The monoisotopic (exact) mass is 436 g/mol. The molecule has 1 aliphatic rings. The third-order valence-electron chi connectivity index (χ3n) is 4.66. The molecule has 1 saturated heterocycles. The molecule has 0 N–H and O–H groups in total. The zero-order chi connectivity index (χ0) is 21.5. The Bertz CT molecular complexity index is 1040. The highest BCUT2D eigenvalue weighted by Crippen LogP contribution is 2.32.